The second-order valence-corrected chi connectivity index (χ2v) is 5.04. The van der Waals surface area contributed by atoms with Crippen LogP contribution in [0.3, 0.4) is 0 Å². The highest BCUT2D eigenvalue weighted by Gasteiger charge is 2.24. The molecule has 5 heteroatoms. The van der Waals surface area contributed by atoms with Gasteiger partial charge in [-0.15, -0.1) is 0 Å². The number of nitrogens with one attached hydrogen (secondary N) is 1. The SMILES string of the molecule is CCOc1cc(NCC2CCCCC2CO)ncn1. The molecule has 0 aromatic carbocycles. The van der Waals surface area contributed by atoms with Crippen LogP contribution in [0.2, 0.25) is 0 Å². The zero-order valence-corrected chi connectivity index (χ0v) is 11.5. The molecule has 0 bridgehead atoms. The normalized spacial score (nSPS) is 23.1. The van der Waals surface area contributed by atoms with Crippen LogP contribution in [0, 0.1) is 11.8 Å². The summed E-state index contributed by atoms with van der Waals surface area (Å²) in [5, 5.41) is 12.7. The predicted octanol–water partition coefficient (Wildman–Crippen LogP) is 2.09. The lowest BCUT2D eigenvalue weighted by Crippen LogP contribution is -2.28. The number of rotatable bonds is 6. The number of aliphatic hydroxyl groups is 1. The zero-order valence-electron chi connectivity index (χ0n) is 11.5. The second kappa shape index (κ2) is 7.28. The lowest BCUT2D eigenvalue weighted by Gasteiger charge is -2.30. The van der Waals surface area contributed by atoms with Gasteiger partial charge in [0.2, 0.25) is 5.88 Å². The number of anilines is 1. The molecule has 0 saturated heterocycles. The summed E-state index contributed by atoms with van der Waals surface area (Å²) >= 11 is 0. The van der Waals surface area contributed by atoms with Gasteiger partial charge in [-0.1, -0.05) is 12.8 Å². The van der Waals surface area contributed by atoms with Crippen molar-refractivity contribution in [3.8, 4) is 5.88 Å². The molecular formula is C14H23N3O2. The van der Waals surface area contributed by atoms with E-state index in [2.05, 4.69) is 15.3 Å². The van der Waals surface area contributed by atoms with Gasteiger partial charge in [0.05, 0.1) is 6.61 Å². The highest BCUT2D eigenvalue weighted by Crippen LogP contribution is 2.29. The minimum absolute atomic E-state index is 0.292. The summed E-state index contributed by atoms with van der Waals surface area (Å²) in [6.45, 7) is 3.68. The third kappa shape index (κ3) is 4.06. The molecule has 1 aromatic rings. The summed E-state index contributed by atoms with van der Waals surface area (Å²) < 4.78 is 5.35. The van der Waals surface area contributed by atoms with Crippen molar-refractivity contribution in [3.05, 3.63) is 12.4 Å². The Hall–Kier alpha value is -1.36. The highest BCUT2D eigenvalue weighted by molar-refractivity contribution is 5.37. The van der Waals surface area contributed by atoms with Crippen LogP contribution in [0.1, 0.15) is 32.6 Å². The van der Waals surface area contributed by atoms with Crippen LogP contribution in [0.25, 0.3) is 0 Å². The molecule has 2 atom stereocenters. The van der Waals surface area contributed by atoms with E-state index in [-0.39, 0.29) is 0 Å². The molecule has 1 heterocycles. The summed E-state index contributed by atoms with van der Waals surface area (Å²) in [5.41, 5.74) is 0. The van der Waals surface area contributed by atoms with E-state index in [4.69, 9.17) is 4.74 Å². The Morgan fingerprint density at radius 2 is 2.11 bits per heavy atom. The minimum Gasteiger partial charge on any atom is -0.478 e. The largest absolute Gasteiger partial charge is 0.478 e. The Balaban J connectivity index is 1.88. The minimum atomic E-state index is 0.292. The van der Waals surface area contributed by atoms with Gasteiger partial charge in [0.1, 0.15) is 12.1 Å². The van der Waals surface area contributed by atoms with Gasteiger partial charge in [0.15, 0.2) is 0 Å². The Morgan fingerprint density at radius 1 is 1.32 bits per heavy atom. The van der Waals surface area contributed by atoms with Crippen molar-refractivity contribution in [2.45, 2.75) is 32.6 Å². The standard InChI is InChI=1S/C14H23N3O2/c1-2-19-14-7-13(16-10-17-14)15-8-11-5-3-4-6-12(11)9-18/h7,10-12,18H,2-6,8-9H2,1H3,(H,15,16,17). The summed E-state index contributed by atoms with van der Waals surface area (Å²) in [6, 6.07) is 1.82. The maximum Gasteiger partial charge on any atom is 0.218 e. The molecule has 1 saturated carbocycles. The molecule has 0 spiro atoms. The van der Waals surface area contributed by atoms with Crippen molar-refractivity contribution in [2.24, 2.45) is 11.8 Å². The van der Waals surface area contributed by atoms with Gasteiger partial charge in [-0.2, -0.15) is 0 Å². The Bertz CT molecular complexity index is 387. The molecule has 1 aliphatic carbocycles. The molecule has 1 aromatic heterocycles. The molecule has 106 valence electrons. The average molecular weight is 265 g/mol. The number of ether oxygens (including phenoxy) is 1. The van der Waals surface area contributed by atoms with Crippen molar-refractivity contribution in [1.82, 2.24) is 9.97 Å². The van der Waals surface area contributed by atoms with Crippen LogP contribution < -0.4 is 10.1 Å². The number of nitrogens with zero attached hydrogens (tertiary/aromatic N) is 2. The van der Waals surface area contributed by atoms with Crippen LogP contribution in [-0.2, 0) is 0 Å². The van der Waals surface area contributed by atoms with Gasteiger partial charge in [-0.3, -0.25) is 0 Å². The molecule has 0 aliphatic heterocycles. The van der Waals surface area contributed by atoms with Crippen molar-refractivity contribution in [3.63, 3.8) is 0 Å². The Morgan fingerprint density at radius 3 is 2.84 bits per heavy atom. The van der Waals surface area contributed by atoms with Gasteiger partial charge in [-0.25, -0.2) is 9.97 Å². The first-order valence-corrected chi connectivity index (χ1v) is 7.13. The van der Waals surface area contributed by atoms with Gasteiger partial charge >= 0.3 is 0 Å². The predicted molar refractivity (Wildman–Crippen MR) is 74.2 cm³/mol. The quantitative estimate of drug-likeness (QED) is 0.824. The molecule has 2 N–H and O–H groups in total. The Kier molecular flexibility index (Phi) is 5.39. The fourth-order valence-electron chi connectivity index (χ4n) is 2.69. The average Bonchev–Trinajstić information content (AvgIpc) is 2.46. The number of aromatic nitrogens is 2. The third-order valence-electron chi connectivity index (χ3n) is 3.78. The van der Waals surface area contributed by atoms with Gasteiger partial charge in [-0.05, 0) is 31.6 Å². The Labute approximate surface area is 114 Å². The topological polar surface area (TPSA) is 67.3 Å². The van der Waals surface area contributed by atoms with E-state index in [9.17, 15) is 5.11 Å². The second-order valence-electron chi connectivity index (χ2n) is 5.04. The fourth-order valence-corrected chi connectivity index (χ4v) is 2.69. The molecule has 0 amide bonds. The maximum absolute atomic E-state index is 9.40. The molecular weight excluding hydrogens is 242 g/mol. The lowest BCUT2D eigenvalue weighted by atomic mass is 9.79. The molecule has 5 nitrogen and oxygen atoms in total. The molecule has 19 heavy (non-hydrogen) atoms. The van der Waals surface area contributed by atoms with E-state index in [1.54, 1.807) is 0 Å². The van der Waals surface area contributed by atoms with Crippen LogP contribution in [0.4, 0.5) is 5.82 Å². The lowest BCUT2D eigenvalue weighted by molar-refractivity contribution is 0.141. The van der Waals surface area contributed by atoms with Crippen LogP contribution in [0.5, 0.6) is 5.88 Å². The third-order valence-corrected chi connectivity index (χ3v) is 3.78. The smallest absolute Gasteiger partial charge is 0.218 e. The van der Waals surface area contributed by atoms with E-state index in [0.717, 1.165) is 18.8 Å². The highest BCUT2D eigenvalue weighted by atomic mass is 16.5. The fraction of sp³-hybridized carbons (Fsp3) is 0.714. The summed E-state index contributed by atoms with van der Waals surface area (Å²) in [4.78, 5) is 8.23. The molecule has 2 rings (SSSR count). The zero-order chi connectivity index (χ0) is 13.5. The number of hydrogen-bond acceptors (Lipinski definition) is 5. The molecule has 1 fully saturated rings. The first-order valence-electron chi connectivity index (χ1n) is 7.13. The van der Waals surface area contributed by atoms with E-state index in [1.807, 2.05) is 13.0 Å². The van der Waals surface area contributed by atoms with E-state index in [1.165, 1.54) is 25.6 Å². The van der Waals surface area contributed by atoms with Crippen molar-refractivity contribution >= 4 is 5.82 Å². The van der Waals surface area contributed by atoms with E-state index < -0.39 is 0 Å². The van der Waals surface area contributed by atoms with Crippen molar-refractivity contribution in [1.29, 1.82) is 0 Å². The summed E-state index contributed by atoms with van der Waals surface area (Å²) in [6.07, 6.45) is 6.33. The number of hydrogen-bond donors (Lipinski definition) is 2. The summed E-state index contributed by atoms with van der Waals surface area (Å²) in [5.74, 6) is 2.35. The van der Waals surface area contributed by atoms with Gasteiger partial charge in [0.25, 0.3) is 0 Å². The molecule has 2 unspecified atom stereocenters. The van der Waals surface area contributed by atoms with Gasteiger partial charge < -0.3 is 15.2 Å². The monoisotopic (exact) mass is 265 g/mol. The first kappa shape index (κ1) is 14.1. The van der Waals surface area contributed by atoms with Crippen molar-refractivity contribution < 1.29 is 9.84 Å². The van der Waals surface area contributed by atoms with Crippen LogP contribution in [0.15, 0.2) is 12.4 Å². The number of aliphatic hydroxyl groups excluding tert-OH is 1. The van der Waals surface area contributed by atoms with Gasteiger partial charge in [0, 0.05) is 19.2 Å². The van der Waals surface area contributed by atoms with Crippen LogP contribution >= 0.6 is 0 Å². The van der Waals surface area contributed by atoms with Crippen molar-refractivity contribution in [2.75, 3.05) is 25.1 Å². The molecule has 1 aliphatic rings. The first-order chi connectivity index (χ1) is 9.33. The maximum atomic E-state index is 9.40. The van der Waals surface area contributed by atoms with E-state index in [0.29, 0.717) is 30.9 Å². The molecule has 0 radical (unpaired) electrons. The van der Waals surface area contributed by atoms with E-state index >= 15 is 0 Å². The summed E-state index contributed by atoms with van der Waals surface area (Å²) in [7, 11) is 0. The van der Waals surface area contributed by atoms with Crippen LogP contribution in [-0.4, -0.2) is 34.8 Å².